The first-order valence-corrected chi connectivity index (χ1v) is 6.64. The minimum absolute atomic E-state index is 0.0838. The van der Waals surface area contributed by atoms with Crippen LogP contribution in [-0.2, 0) is 6.42 Å². The molecule has 1 heterocycles. The predicted octanol–water partition coefficient (Wildman–Crippen LogP) is 3.93. The Bertz CT molecular complexity index is 547. The molecule has 0 aliphatic carbocycles. The van der Waals surface area contributed by atoms with Crippen molar-refractivity contribution < 1.29 is 8.81 Å². The smallest absolute Gasteiger partial charge is 0.123 e. The molecule has 1 aromatic heterocycles. The molecule has 1 atom stereocenters. The van der Waals surface area contributed by atoms with Crippen molar-refractivity contribution in [2.45, 2.75) is 33.2 Å². The summed E-state index contributed by atoms with van der Waals surface area (Å²) in [5.74, 6) is 0.748. The van der Waals surface area contributed by atoms with Gasteiger partial charge in [-0.3, -0.25) is 0 Å². The second-order valence-electron chi connectivity index (χ2n) is 4.85. The van der Waals surface area contributed by atoms with E-state index < -0.39 is 0 Å². The number of aryl methyl sites for hydroxylation is 2. The zero-order chi connectivity index (χ0) is 13.8. The SMILES string of the molecule is CCNC(Cc1cc(F)ccc1C)c1occc1C. The highest BCUT2D eigenvalue weighted by atomic mass is 19.1. The molecule has 0 aliphatic rings. The summed E-state index contributed by atoms with van der Waals surface area (Å²) >= 11 is 0. The molecule has 0 aliphatic heterocycles. The first-order chi connectivity index (χ1) is 9.11. The molecule has 2 aromatic rings. The van der Waals surface area contributed by atoms with Gasteiger partial charge in [0.05, 0.1) is 12.3 Å². The van der Waals surface area contributed by atoms with E-state index in [4.69, 9.17) is 4.42 Å². The Morgan fingerprint density at radius 2 is 2.00 bits per heavy atom. The Kier molecular flexibility index (Phi) is 4.38. The van der Waals surface area contributed by atoms with Crippen LogP contribution in [0.3, 0.4) is 0 Å². The quantitative estimate of drug-likeness (QED) is 0.882. The Hall–Kier alpha value is -1.61. The maximum Gasteiger partial charge on any atom is 0.123 e. The fourth-order valence-corrected chi connectivity index (χ4v) is 2.33. The Morgan fingerprint density at radius 1 is 1.21 bits per heavy atom. The van der Waals surface area contributed by atoms with Crippen LogP contribution in [0.5, 0.6) is 0 Å². The van der Waals surface area contributed by atoms with Crippen LogP contribution in [0.4, 0.5) is 4.39 Å². The highest BCUT2D eigenvalue weighted by molar-refractivity contribution is 5.29. The summed E-state index contributed by atoms with van der Waals surface area (Å²) in [5.41, 5.74) is 3.25. The van der Waals surface area contributed by atoms with E-state index in [0.29, 0.717) is 0 Å². The van der Waals surface area contributed by atoms with E-state index in [-0.39, 0.29) is 11.9 Å². The number of furan rings is 1. The molecule has 1 unspecified atom stereocenters. The molecule has 0 bridgehead atoms. The van der Waals surface area contributed by atoms with Crippen molar-refractivity contribution in [3.05, 3.63) is 58.8 Å². The topological polar surface area (TPSA) is 25.2 Å². The molecule has 102 valence electrons. The number of nitrogens with one attached hydrogen (secondary N) is 1. The fourth-order valence-electron chi connectivity index (χ4n) is 2.33. The lowest BCUT2D eigenvalue weighted by Crippen LogP contribution is -2.23. The normalized spacial score (nSPS) is 12.6. The van der Waals surface area contributed by atoms with Gasteiger partial charge in [0.2, 0.25) is 0 Å². The summed E-state index contributed by atoms with van der Waals surface area (Å²) in [6.07, 6.45) is 2.43. The summed E-state index contributed by atoms with van der Waals surface area (Å²) in [6.45, 7) is 6.94. The van der Waals surface area contributed by atoms with E-state index in [2.05, 4.69) is 12.2 Å². The van der Waals surface area contributed by atoms with Crippen molar-refractivity contribution in [1.29, 1.82) is 0 Å². The van der Waals surface area contributed by atoms with E-state index in [9.17, 15) is 4.39 Å². The molecule has 2 nitrogen and oxygen atoms in total. The molecule has 0 spiro atoms. The van der Waals surface area contributed by atoms with Crippen LogP contribution in [-0.4, -0.2) is 6.54 Å². The molecule has 1 aromatic carbocycles. The third-order valence-corrected chi connectivity index (χ3v) is 3.40. The third-order valence-electron chi connectivity index (χ3n) is 3.40. The Balaban J connectivity index is 2.26. The molecule has 0 amide bonds. The average Bonchev–Trinajstić information content (AvgIpc) is 2.79. The largest absolute Gasteiger partial charge is 0.467 e. The van der Waals surface area contributed by atoms with Gasteiger partial charge in [0.1, 0.15) is 11.6 Å². The van der Waals surface area contributed by atoms with E-state index in [1.54, 1.807) is 12.3 Å². The van der Waals surface area contributed by atoms with Gasteiger partial charge < -0.3 is 9.73 Å². The van der Waals surface area contributed by atoms with Crippen LogP contribution in [0.1, 0.15) is 35.4 Å². The van der Waals surface area contributed by atoms with Gasteiger partial charge in [-0.1, -0.05) is 13.0 Å². The number of hydrogen-bond acceptors (Lipinski definition) is 2. The molecule has 0 radical (unpaired) electrons. The second kappa shape index (κ2) is 6.02. The lowest BCUT2D eigenvalue weighted by atomic mass is 9.98. The van der Waals surface area contributed by atoms with Gasteiger partial charge in [0, 0.05) is 0 Å². The molecule has 19 heavy (non-hydrogen) atoms. The van der Waals surface area contributed by atoms with Crippen molar-refractivity contribution in [2.24, 2.45) is 0 Å². The summed E-state index contributed by atoms with van der Waals surface area (Å²) in [7, 11) is 0. The highest BCUT2D eigenvalue weighted by Crippen LogP contribution is 2.24. The van der Waals surface area contributed by atoms with Gasteiger partial charge in [-0.15, -0.1) is 0 Å². The lowest BCUT2D eigenvalue weighted by molar-refractivity contribution is 0.413. The van der Waals surface area contributed by atoms with Crippen molar-refractivity contribution >= 4 is 0 Å². The fraction of sp³-hybridized carbons (Fsp3) is 0.375. The standard InChI is InChI=1S/C16H20FNO/c1-4-18-15(16-12(3)7-8-19-16)10-13-9-14(17)6-5-11(13)2/h5-9,15,18H,4,10H2,1-3H3. The lowest BCUT2D eigenvalue weighted by Gasteiger charge is -2.18. The van der Waals surface area contributed by atoms with Gasteiger partial charge in [-0.2, -0.15) is 0 Å². The maximum absolute atomic E-state index is 13.4. The second-order valence-corrected chi connectivity index (χ2v) is 4.85. The average molecular weight is 261 g/mol. The van der Waals surface area contributed by atoms with Crippen molar-refractivity contribution in [2.75, 3.05) is 6.54 Å². The van der Waals surface area contributed by atoms with Crippen molar-refractivity contribution in [3.63, 3.8) is 0 Å². The minimum Gasteiger partial charge on any atom is -0.467 e. The summed E-state index contributed by atoms with van der Waals surface area (Å²) in [6, 6.07) is 6.97. The summed E-state index contributed by atoms with van der Waals surface area (Å²) in [4.78, 5) is 0. The zero-order valence-electron chi connectivity index (χ0n) is 11.7. The van der Waals surface area contributed by atoms with Crippen LogP contribution in [0.2, 0.25) is 0 Å². The Labute approximate surface area is 113 Å². The number of hydrogen-bond donors (Lipinski definition) is 1. The predicted molar refractivity (Wildman–Crippen MR) is 74.7 cm³/mol. The highest BCUT2D eigenvalue weighted by Gasteiger charge is 2.17. The number of rotatable bonds is 5. The molecule has 0 saturated heterocycles. The van der Waals surface area contributed by atoms with Crippen LogP contribution in [0.15, 0.2) is 34.9 Å². The number of likely N-dealkylation sites (N-methyl/N-ethyl adjacent to an activating group) is 1. The van der Waals surface area contributed by atoms with E-state index >= 15 is 0 Å². The maximum atomic E-state index is 13.4. The molecular formula is C16H20FNO. The van der Waals surface area contributed by atoms with E-state index in [1.807, 2.05) is 26.0 Å². The van der Waals surface area contributed by atoms with Gasteiger partial charge in [0.15, 0.2) is 0 Å². The van der Waals surface area contributed by atoms with Gasteiger partial charge in [-0.25, -0.2) is 4.39 Å². The number of benzene rings is 1. The number of halogens is 1. The van der Waals surface area contributed by atoms with Gasteiger partial charge in [-0.05, 0) is 61.7 Å². The monoisotopic (exact) mass is 261 g/mol. The van der Waals surface area contributed by atoms with Crippen LogP contribution < -0.4 is 5.32 Å². The molecule has 3 heteroatoms. The molecular weight excluding hydrogens is 241 g/mol. The van der Waals surface area contributed by atoms with Gasteiger partial charge >= 0.3 is 0 Å². The summed E-state index contributed by atoms with van der Waals surface area (Å²) in [5, 5.41) is 3.40. The molecule has 2 rings (SSSR count). The molecule has 1 N–H and O–H groups in total. The minimum atomic E-state index is -0.188. The van der Waals surface area contributed by atoms with E-state index in [1.165, 1.54) is 6.07 Å². The molecule has 0 fully saturated rings. The van der Waals surface area contributed by atoms with Crippen LogP contribution in [0, 0.1) is 19.7 Å². The van der Waals surface area contributed by atoms with Gasteiger partial charge in [0.25, 0.3) is 0 Å². The third kappa shape index (κ3) is 3.24. The first-order valence-electron chi connectivity index (χ1n) is 6.64. The van der Waals surface area contributed by atoms with Crippen LogP contribution in [0.25, 0.3) is 0 Å². The summed E-state index contributed by atoms with van der Waals surface area (Å²) < 4.78 is 18.9. The van der Waals surface area contributed by atoms with Crippen LogP contribution >= 0.6 is 0 Å². The first kappa shape index (κ1) is 13.8. The van der Waals surface area contributed by atoms with E-state index in [0.717, 1.165) is 35.4 Å². The zero-order valence-corrected chi connectivity index (χ0v) is 11.7. The Morgan fingerprint density at radius 3 is 2.63 bits per heavy atom. The van der Waals surface area contributed by atoms with Crippen molar-refractivity contribution in [3.8, 4) is 0 Å². The molecule has 0 saturated carbocycles. The van der Waals surface area contributed by atoms with Crippen molar-refractivity contribution in [1.82, 2.24) is 5.32 Å².